The summed E-state index contributed by atoms with van der Waals surface area (Å²) >= 11 is 0. The summed E-state index contributed by atoms with van der Waals surface area (Å²) in [6.45, 7) is -1.08. The van der Waals surface area contributed by atoms with Crippen LogP contribution in [-0.4, -0.2) is 43.0 Å². The second-order valence-electron chi connectivity index (χ2n) is 9.21. The molecule has 1 N–H and O–H groups in total. The molecule has 13 heteroatoms. The second kappa shape index (κ2) is 11.9. The summed E-state index contributed by atoms with van der Waals surface area (Å²) in [4.78, 5) is 1.21. The SMILES string of the molecule is OC(CN(CC1CCCC(C(F)(F)F)C1)c1cccc(OCc2ccc(OC(F)(F)F)cc2)c1)C(F)(F)F. The number of ether oxygens (including phenoxy) is 2. The largest absolute Gasteiger partial charge is 0.573 e. The zero-order chi connectivity index (χ0) is 28.1. The summed E-state index contributed by atoms with van der Waals surface area (Å²) in [5.41, 5.74) is 0.698. The van der Waals surface area contributed by atoms with Crippen LogP contribution in [0, 0.1) is 11.8 Å². The highest BCUT2D eigenvalue weighted by Gasteiger charge is 2.43. The van der Waals surface area contributed by atoms with Crippen molar-refractivity contribution < 1.29 is 54.1 Å². The summed E-state index contributed by atoms with van der Waals surface area (Å²) < 4.78 is 125. The highest BCUT2D eigenvalue weighted by molar-refractivity contribution is 5.51. The van der Waals surface area contributed by atoms with Gasteiger partial charge in [-0.15, -0.1) is 13.2 Å². The predicted octanol–water partition coefficient (Wildman–Crippen LogP) is 7.26. The van der Waals surface area contributed by atoms with Crippen LogP contribution < -0.4 is 14.4 Å². The molecular weight excluding hydrogens is 533 g/mol. The lowest BCUT2D eigenvalue weighted by atomic mass is 9.80. The molecule has 3 atom stereocenters. The molecule has 2 aromatic rings. The Morgan fingerprint density at radius 3 is 2.18 bits per heavy atom. The van der Waals surface area contributed by atoms with Crippen molar-refractivity contribution in [1.82, 2.24) is 0 Å². The van der Waals surface area contributed by atoms with Crippen LogP contribution in [0.3, 0.4) is 0 Å². The molecule has 0 radical (unpaired) electrons. The topological polar surface area (TPSA) is 41.9 Å². The number of aliphatic hydroxyl groups excluding tert-OH is 1. The first-order chi connectivity index (χ1) is 17.6. The Labute approximate surface area is 212 Å². The Balaban J connectivity index is 1.72. The van der Waals surface area contributed by atoms with E-state index < -0.39 is 48.9 Å². The van der Waals surface area contributed by atoms with Gasteiger partial charge in [-0.2, -0.15) is 26.3 Å². The van der Waals surface area contributed by atoms with Crippen LogP contribution in [0.4, 0.5) is 45.2 Å². The maximum absolute atomic E-state index is 13.2. The van der Waals surface area contributed by atoms with E-state index in [9.17, 15) is 44.6 Å². The van der Waals surface area contributed by atoms with E-state index in [0.717, 1.165) is 12.1 Å². The van der Waals surface area contributed by atoms with Gasteiger partial charge < -0.3 is 19.5 Å². The first-order valence-electron chi connectivity index (χ1n) is 11.7. The van der Waals surface area contributed by atoms with Crippen molar-refractivity contribution in [2.45, 2.75) is 57.1 Å². The molecule has 3 unspecified atom stereocenters. The van der Waals surface area contributed by atoms with Gasteiger partial charge in [0.2, 0.25) is 0 Å². The quantitative estimate of drug-likeness (QED) is 0.329. The minimum absolute atomic E-state index is 0.0299. The van der Waals surface area contributed by atoms with Crippen molar-refractivity contribution in [2.24, 2.45) is 11.8 Å². The average Bonchev–Trinajstić information content (AvgIpc) is 2.81. The molecule has 3 rings (SSSR count). The normalized spacial score (nSPS) is 19.6. The fourth-order valence-electron chi connectivity index (χ4n) is 4.39. The summed E-state index contributed by atoms with van der Waals surface area (Å²) in [5.74, 6) is -2.27. The first-order valence-corrected chi connectivity index (χ1v) is 11.7. The van der Waals surface area contributed by atoms with E-state index in [4.69, 9.17) is 4.74 Å². The van der Waals surface area contributed by atoms with Crippen molar-refractivity contribution in [3.8, 4) is 11.5 Å². The summed E-state index contributed by atoms with van der Waals surface area (Å²) in [6.07, 6.45) is -16.4. The molecule has 4 nitrogen and oxygen atoms in total. The maximum atomic E-state index is 13.2. The summed E-state index contributed by atoms with van der Waals surface area (Å²) in [7, 11) is 0. The number of hydrogen-bond acceptors (Lipinski definition) is 4. The van der Waals surface area contributed by atoms with Gasteiger partial charge >= 0.3 is 18.7 Å². The van der Waals surface area contributed by atoms with Crippen LogP contribution in [0.2, 0.25) is 0 Å². The number of nitrogens with zero attached hydrogens (tertiary/aromatic N) is 1. The molecular formula is C25H26F9NO3. The van der Waals surface area contributed by atoms with Crippen molar-refractivity contribution in [3.63, 3.8) is 0 Å². The molecule has 1 fully saturated rings. The molecule has 2 aromatic carbocycles. The van der Waals surface area contributed by atoms with Crippen molar-refractivity contribution in [1.29, 1.82) is 0 Å². The molecule has 38 heavy (non-hydrogen) atoms. The lowest BCUT2D eigenvalue weighted by Crippen LogP contribution is -2.44. The van der Waals surface area contributed by atoms with E-state index >= 15 is 0 Å². The number of benzene rings is 2. The molecule has 0 aromatic heterocycles. The van der Waals surface area contributed by atoms with E-state index in [2.05, 4.69) is 4.74 Å². The Bertz CT molecular complexity index is 1020. The predicted molar refractivity (Wildman–Crippen MR) is 120 cm³/mol. The molecule has 0 bridgehead atoms. The van der Waals surface area contributed by atoms with Crippen LogP contribution >= 0.6 is 0 Å². The molecule has 0 saturated heterocycles. The third kappa shape index (κ3) is 9.17. The standard InChI is InChI=1S/C25H26F9NO3/c26-23(27,28)18-4-1-3-17(11-18)13-35(14-22(36)24(29,30)31)19-5-2-6-21(12-19)37-15-16-7-9-20(10-8-16)38-25(32,33)34/h2,5-10,12,17-18,22,36H,1,3-4,11,13-15H2. The number of hydrogen-bond donors (Lipinski definition) is 1. The molecule has 0 heterocycles. The molecule has 0 spiro atoms. The highest BCUT2D eigenvalue weighted by Crippen LogP contribution is 2.40. The number of aliphatic hydroxyl groups is 1. The van der Waals surface area contributed by atoms with Gasteiger partial charge in [0.1, 0.15) is 18.1 Å². The summed E-state index contributed by atoms with van der Waals surface area (Å²) in [5, 5.41) is 9.68. The van der Waals surface area contributed by atoms with Crippen molar-refractivity contribution in [3.05, 3.63) is 54.1 Å². The molecule has 1 aliphatic carbocycles. The smallest absolute Gasteiger partial charge is 0.489 e. The van der Waals surface area contributed by atoms with Gasteiger partial charge in [0.05, 0.1) is 12.5 Å². The van der Waals surface area contributed by atoms with Gasteiger partial charge in [0.15, 0.2) is 6.10 Å². The Hall–Kier alpha value is -2.83. The van der Waals surface area contributed by atoms with Gasteiger partial charge in [-0.25, -0.2) is 0 Å². The van der Waals surface area contributed by atoms with E-state index in [0.29, 0.717) is 18.4 Å². The lowest BCUT2D eigenvalue weighted by Gasteiger charge is -2.36. The van der Waals surface area contributed by atoms with Crippen LogP contribution in [0.5, 0.6) is 11.5 Å². The minimum atomic E-state index is -4.92. The minimum Gasteiger partial charge on any atom is -0.489 e. The number of halogens is 9. The number of alkyl halides is 9. The Morgan fingerprint density at radius 2 is 1.58 bits per heavy atom. The molecule has 1 saturated carbocycles. The average molecular weight is 559 g/mol. The fraction of sp³-hybridized carbons (Fsp3) is 0.520. The first kappa shape index (κ1) is 29.7. The van der Waals surface area contributed by atoms with Crippen LogP contribution in [0.15, 0.2) is 48.5 Å². The molecule has 0 amide bonds. The zero-order valence-corrected chi connectivity index (χ0v) is 19.9. The van der Waals surface area contributed by atoms with Gasteiger partial charge in [-0.3, -0.25) is 0 Å². The zero-order valence-electron chi connectivity index (χ0n) is 19.9. The highest BCUT2D eigenvalue weighted by atomic mass is 19.4. The van der Waals surface area contributed by atoms with Crippen LogP contribution in [0.25, 0.3) is 0 Å². The second-order valence-corrected chi connectivity index (χ2v) is 9.21. The fourth-order valence-corrected chi connectivity index (χ4v) is 4.39. The lowest BCUT2D eigenvalue weighted by molar-refractivity contribution is -0.274. The van der Waals surface area contributed by atoms with Crippen LogP contribution in [-0.2, 0) is 6.61 Å². The van der Waals surface area contributed by atoms with E-state index in [-0.39, 0.29) is 37.4 Å². The summed E-state index contributed by atoms with van der Waals surface area (Å²) in [6, 6.07) is 10.7. The monoisotopic (exact) mass is 559 g/mol. The van der Waals surface area contributed by atoms with Gasteiger partial charge in [-0.05, 0) is 55.0 Å². The maximum Gasteiger partial charge on any atom is 0.573 e. The van der Waals surface area contributed by atoms with Crippen molar-refractivity contribution >= 4 is 5.69 Å². The number of anilines is 1. The van der Waals surface area contributed by atoms with E-state index in [1.54, 1.807) is 0 Å². The Kier molecular flexibility index (Phi) is 9.32. The number of rotatable bonds is 9. The Morgan fingerprint density at radius 1 is 0.895 bits per heavy atom. The van der Waals surface area contributed by atoms with E-state index in [1.165, 1.54) is 41.3 Å². The van der Waals surface area contributed by atoms with E-state index in [1.807, 2.05) is 0 Å². The third-order valence-electron chi connectivity index (χ3n) is 6.24. The van der Waals surface area contributed by atoms with Crippen LogP contribution in [0.1, 0.15) is 31.2 Å². The third-order valence-corrected chi connectivity index (χ3v) is 6.24. The molecule has 1 aliphatic rings. The molecule has 212 valence electrons. The van der Waals surface area contributed by atoms with Gasteiger partial charge in [0, 0.05) is 18.3 Å². The van der Waals surface area contributed by atoms with Gasteiger partial charge in [-0.1, -0.05) is 24.6 Å². The molecule has 0 aliphatic heterocycles. The van der Waals surface area contributed by atoms with Crippen molar-refractivity contribution in [2.75, 3.05) is 18.0 Å². The van der Waals surface area contributed by atoms with Gasteiger partial charge in [0.25, 0.3) is 0 Å².